The third-order valence-electron chi connectivity index (χ3n) is 3.78. The van der Waals surface area contributed by atoms with Gasteiger partial charge in [0.05, 0.1) is 0 Å². The van der Waals surface area contributed by atoms with Crippen molar-refractivity contribution in [1.82, 2.24) is 0 Å². The Kier molecular flexibility index (Phi) is 7.32. The quantitative estimate of drug-likeness (QED) is 0.412. The second-order valence-electron chi connectivity index (χ2n) is 6.69. The van der Waals surface area contributed by atoms with Crippen molar-refractivity contribution in [2.75, 3.05) is 0 Å². The van der Waals surface area contributed by atoms with Crippen molar-refractivity contribution in [3.63, 3.8) is 0 Å². The van der Waals surface area contributed by atoms with Crippen LogP contribution in [0.3, 0.4) is 0 Å². The molecule has 0 heterocycles. The Labute approximate surface area is 131 Å². The molecule has 0 unspecified atom stereocenters. The topological polar surface area (TPSA) is 0 Å². The van der Waals surface area contributed by atoms with Crippen LogP contribution < -0.4 is 15.6 Å². The summed E-state index contributed by atoms with van der Waals surface area (Å²) >= 11 is 0. The van der Waals surface area contributed by atoms with E-state index in [2.05, 4.69) is 18.2 Å². The van der Waals surface area contributed by atoms with Crippen LogP contribution >= 0.6 is 0 Å². The van der Waals surface area contributed by atoms with Gasteiger partial charge in [-0.15, -0.1) is 0 Å². The summed E-state index contributed by atoms with van der Waals surface area (Å²) < 4.78 is 0. The van der Waals surface area contributed by atoms with Crippen LogP contribution in [-0.4, -0.2) is 61.5 Å². The molecule has 0 nitrogen and oxygen atoms in total. The van der Waals surface area contributed by atoms with E-state index in [1.165, 1.54) is 78.1 Å². The first kappa shape index (κ1) is 16.6. The van der Waals surface area contributed by atoms with Gasteiger partial charge >= 0.3 is 0 Å². The monoisotopic (exact) mass is 342 g/mol. The summed E-state index contributed by atoms with van der Waals surface area (Å²) in [6, 6.07) is 7.00. The van der Waals surface area contributed by atoms with Gasteiger partial charge in [0.2, 0.25) is 0 Å². The van der Waals surface area contributed by atoms with Gasteiger partial charge in [-0.2, -0.15) is 0 Å². The van der Waals surface area contributed by atoms with Gasteiger partial charge in [-0.1, -0.05) is 69.6 Å². The van der Waals surface area contributed by atoms with Gasteiger partial charge in [-0.3, -0.25) is 0 Å². The Morgan fingerprint density at radius 3 is 1.06 bits per heavy atom. The van der Waals surface area contributed by atoms with Gasteiger partial charge in [0.25, 0.3) is 0 Å². The molecule has 2 rings (SSSR count). The van der Waals surface area contributed by atoms with Crippen LogP contribution in [-0.2, 0) is 0 Å². The summed E-state index contributed by atoms with van der Waals surface area (Å²) in [5.74, 6) is 0. The second kappa shape index (κ2) is 7.95. The number of benzene rings is 1. The Morgan fingerprint density at radius 1 is 0.611 bits per heavy atom. The van der Waals surface area contributed by atoms with Crippen LogP contribution in [0.4, 0.5) is 0 Å². The van der Waals surface area contributed by atoms with Gasteiger partial charge in [-0.25, -0.2) is 0 Å². The average Bonchev–Trinajstić information content (AvgIpc) is 2.12. The summed E-state index contributed by atoms with van der Waals surface area (Å²) in [4.78, 5) is 0. The number of rotatable bonds is 0. The molecule has 0 N–H and O–H groups in total. The van der Waals surface area contributed by atoms with Crippen LogP contribution in [0.15, 0.2) is 18.2 Å². The highest BCUT2D eigenvalue weighted by molar-refractivity contribution is 6.42. The van der Waals surface area contributed by atoms with E-state index in [0.717, 1.165) is 0 Å². The molecule has 102 valence electrons. The van der Waals surface area contributed by atoms with Crippen molar-refractivity contribution in [2.45, 2.75) is 35.9 Å². The van der Waals surface area contributed by atoms with Crippen molar-refractivity contribution in [3.8, 4) is 0 Å². The first-order chi connectivity index (χ1) is 8.36. The third kappa shape index (κ3) is 6.62. The third-order valence-corrected chi connectivity index (χ3v) is 8.34. The van der Waals surface area contributed by atoms with Gasteiger partial charge in [-0.05, 0) is 0 Å². The summed E-state index contributed by atoms with van der Waals surface area (Å²) in [5.41, 5.74) is 3.59. The maximum absolute atomic E-state index is 2.33. The van der Waals surface area contributed by atoms with Crippen molar-refractivity contribution in [1.29, 1.82) is 0 Å². The molecule has 1 aromatic rings. The van der Waals surface area contributed by atoms with E-state index in [0.29, 0.717) is 0 Å². The number of hydrogen-bond donors (Lipinski definition) is 0. The van der Waals surface area contributed by atoms with E-state index in [-0.39, 0.29) is 0 Å². The average molecular weight is 343 g/mol. The fraction of sp³-hybridized carbons (Fsp3) is 0.500. The molecule has 1 aliphatic carbocycles. The second-order valence-corrected chi connectivity index (χ2v) is 15.1. The molecule has 0 bridgehead atoms. The lowest BCUT2D eigenvalue weighted by molar-refractivity contribution is 0.504. The fourth-order valence-electron chi connectivity index (χ4n) is 3.55. The molecule has 0 aliphatic heterocycles. The molecule has 1 aromatic carbocycles. The van der Waals surface area contributed by atoms with Crippen LogP contribution in [0.2, 0.25) is 16.6 Å². The zero-order valence-corrected chi connectivity index (χ0v) is 25.1. The minimum Gasteiger partial charge on any atom is -0.0711 e. The molecule has 1 aliphatic rings. The Balaban J connectivity index is 0.000000180. The molecule has 0 aromatic heterocycles. The molecule has 6 heteroatoms. The molecule has 0 amide bonds. The van der Waals surface area contributed by atoms with Gasteiger partial charge in [0.1, 0.15) is 0 Å². The molecule has 18 heavy (non-hydrogen) atoms. The molecular weight excluding hydrogens is 313 g/mol. The highest BCUT2D eigenvalue weighted by Gasteiger charge is 2.19. The van der Waals surface area contributed by atoms with Gasteiger partial charge in [0, 0.05) is 61.5 Å². The maximum Gasteiger partial charge on any atom is 0.0384 e. The highest BCUT2D eigenvalue weighted by atomic mass is 28.2. The standard InChI is InChI=1S/C6H18Si3.C6H12Si3/c2*7-4-1-5(8)3-6(9)2-4/h4-6H,1-3H2,7-9H3;1-3H,7-9H3. The smallest absolute Gasteiger partial charge is 0.0384 e. The molecule has 0 spiro atoms. The predicted octanol–water partition coefficient (Wildman–Crippen LogP) is -5.71. The maximum atomic E-state index is 2.33. The van der Waals surface area contributed by atoms with Gasteiger partial charge in [0.15, 0.2) is 0 Å². The van der Waals surface area contributed by atoms with E-state index in [1.807, 2.05) is 0 Å². The van der Waals surface area contributed by atoms with E-state index >= 15 is 0 Å². The molecule has 1 saturated carbocycles. The summed E-state index contributed by atoms with van der Waals surface area (Å²) in [6.07, 6.45) is 4.82. The van der Waals surface area contributed by atoms with Gasteiger partial charge < -0.3 is 0 Å². The van der Waals surface area contributed by atoms with E-state index in [4.69, 9.17) is 0 Å². The lowest BCUT2D eigenvalue weighted by Crippen LogP contribution is -2.21. The normalized spacial score (nSPS) is 28.3. The largest absolute Gasteiger partial charge is 0.0711 e. The van der Waals surface area contributed by atoms with Crippen molar-refractivity contribution in [2.24, 2.45) is 0 Å². The Hall–Kier alpha value is 0.521. The molecular formula is C12H30Si6. The summed E-state index contributed by atoms with van der Waals surface area (Å²) in [5, 5.41) is 4.69. The minimum atomic E-state index is 1.20. The first-order valence-electron chi connectivity index (χ1n) is 7.41. The lowest BCUT2D eigenvalue weighted by atomic mass is 9.98. The zero-order valence-electron chi connectivity index (χ0n) is 13.1. The van der Waals surface area contributed by atoms with Crippen LogP contribution in [0.5, 0.6) is 0 Å². The highest BCUT2D eigenvalue weighted by Crippen LogP contribution is 2.38. The SMILES string of the molecule is [SiH3]C1CC([SiH3])CC([SiH3])C1.[SiH3]c1cc([SiH3])cc([SiH3])c1. The number of hydrogen-bond acceptors (Lipinski definition) is 0. The van der Waals surface area contributed by atoms with Crippen molar-refractivity contribution in [3.05, 3.63) is 18.2 Å². The first-order valence-corrected chi connectivity index (χ1v) is 13.9. The lowest BCUT2D eigenvalue weighted by Gasteiger charge is -2.28. The Morgan fingerprint density at radius 2 is 0.833 bits per heavy atom. The van der Waals surface area contributed by atoms with Crippen LogP contribution in [0, 0.1) is 0 Å². The molecule has 0 radical (unpaired) electrons. The molecule has 1 fully saturated rings. The van der Waals surface area contributed by atoms with Crippen molar-refractivity contribution >= 4 is 77.0 Å². The van der Waals surface area contributed by atoms with E-state index in [9.17, 15) is 0 Å². The van der Waals surface area contributed by atoms with Crippen molar-refractivity contribution < 1.29 is 0 Å². The molecule has 0 saturated heterocycles. The van der Waals surface area contributed by atoms with Crippen LogP contribution in [0.25, 0.3) is 0 Å². The Bertz CT molecular complexity index is 305. The van der Waals surface area contributed by atoms with Crippen LogP contribution in [0.1, 0.15) is 19.3 Å². The summed E-state index contributed by atoms with van der Waals surface area (Å²) in [7, 11) is 8.06. The van der Waals surface area contributed by atoms with E-state index in [1.54, 1.807) is 34.8 Å². The zero-order chi connectivity index (χ0) is 13.7. The predicted molar refractivity (Wildman–Crippen MR) is 110 cm³/mol. The summed E-state index contributed by atoms with van der Waals surface area (Å²) in [6.45, 7) is 0. The fourth-order valence-corrected chi connectivity index (χ4v) is 15.7. The van der Waals surface area contributed by atoms with E-state index < -0.39 is 0 Å². The minimum absolute atomic E-state index is 1.20. The molecule has 0 atom stereocenters.